The van der Waals surface area contributed by atoms with Crippen LogP contribution in [0.2, 0.25) is 5.02 Å². The summed E-state index contributed by atoms with van der Waals surface area (Å²) in [7, 11) is 3.64. The first-order chi connectivity index (χ1) is 9.17. The highest BCUT2D eigenvalue weighted by atomic mass is 35.5. The van der Waals surface area contributed by atoms with Crippen molar-refractivity contribution < 1.29 is 4.74 Å². The van der Waals surface area contributed by atoms with Crippen molar-refractivity contribution >= 4 is 23.0 Å². The quantitative estimate of drug-likeness (QED) is 0.928. The lowest BCUT2D eigenvalue weighted by Gasteiger charge is -2.23. The zero-order valence-corrected chi connectivity index (χ0v) is 11.8. The van der Waals surface area contributed by atoms with E-state index in [2.05, 4.69) is 4.90 Å². The van der Waals surface area contributed by atoms with Crippen molar-refractivity contribution in [2.75, 3.05) is 19.1 Å². The predicted octanol–water partition coefficient (Wildman–Crippen LogP) is 3.58. The largest absolute Gasteiger partial charge is 0.497 e. The Hall–Kier alpha value is -1.71. The van der Waals surface area contributed by atoms with Gasteiger partial charge in [-0.05, 0) is 24.3 Å². The van der Waals surface area contributed by atoms with E-state index < -0.39 is 0 Å². The number of methoxy groups -OCH3 is 1. The van der Waals surface area contributed by atoms with Crippen LogP contribution in [0.5, 0.6) is 5.75 Å². The lowest BCUT2D eigenvalue weighted by Crippen LogP contribution is -2.13. The predicted molar refractivity (Wildman–Crippen MR) is 80.4 cm³/mol. The standard InChI is InChI=1S/C15H17ClN2O/c1-18(11-5-3-6-12(9-11)19-2)15-8-4-7-14(16)13(15)10-17/h3-9H,10,17H2,1-2H3. The molecular formula is C15H17ClN2O. The number of hydrogen-bond donors (Lipinski definition) is 1. The lowest BCUT2D eigenvalue weighted by atomic mass is 10.1. The summed E-state index contributed by atoms with van der Waals surface area (Å²) >= 11 is 6.19. The van der Waals surface area contributed by atoms with Crippen LogP contribution in [0.4, 0.5) is 11.4 Å². The van der Waals surface area contributed by atoms with Crippen LogP contribution in [0.25, 0.3) is 0 Å². The Labute approximate surface area is 118 Å². The smallest absolute Gasteiger partial charge is 0.120 e. The van der Waals surface area contributed by atoms with Gasteiger partial charge in [-0.3, -0.25) is 0 Å². The molecule has 0 saturated carbocycles. The Bertz CT molecular complexity index is 572. The molecule has 0 heterocycles. The molecule has 0 aromatic heterocycles. The zero-order chi connectivity index (χ0) is 13.8. The Balaban J connectivity index is 2.43. The molecule has 0 aliphatic heterocycles. The second kappa shape index (κ2) is 5.95. The minimum atomic E-state index is 0.406. The van der Waals surface area contributed by atoms with Crippen molar-refractivity contribution in [2.24, 2.45) is 5.73 Å². The summed E-state index contributed by atoms with van der Waals surface area (Å²) in [5, 5.41) is 0.690. The van der Waals surface area contributed by atoms with E-state index in [4.69, 9.17) is 22.1 Å². The second-order valence-electron chi connectivity index (χ2n) is 4.20. The molecule has 2 aromatic rings. The average molecular weight is 277 g/mol. The Morgan fingerprint density at radius 3 is 2.63 bits per heavy atom. The van der Waals surface area contributed by atoms with Gasteiger partial charge in [0.2, 0.25) is 0 Å². The molecule has 4 heteroatoms. The number of hydrogen-bond acceptors (Lipinski definition) is 3. The number of anilines is 2. The van der Waals surface area contributed by atoms with Gasteiger partial charge in [0.05, 0.1) is 7.11 Å². The lowest BCUT2D eigenvalue weighted by molar-refractivity contribution is 0.415. The molecule has 0 spiro atoms. The summed E-state index contributed by atoms with van der Waals surface area (Å²) in [5.74, 6) is 0.820. The fourth-order valence-corrected chi connectivity index (χ4v) is 2.27. The van der Waals surface area contributed by atoms with Crippen LogP contribution >= 0.6 is 11.6 Å². The fraction of sp³-hybridized carbons (Fsp3) is 0.200. The van der Waals surface area contributed by atoms with Crippen molar-refractivity contribution in [1.82, 2.24) is 0 Å². The van der Waals surface area contributed by atoms with Crippen LogP contribution in [0.1, 0.15) is 5.56 Å². The summed E-state index contributed by atoms with van der Waals surface area (Å²) in [6.45, 7) is 0.406. The third-order valence-corrected chi connectivity index (χ3v) is 3.45. The summed E-state index contributed by atoms with van der Waals surface area (Å²) in [4.78, 5) is 2.05. The summed E-state index contributed by atoms with van der Waals surface area (Å²) in [5.41, 5.74) is 8.75. The number of halogens is 1. The Morgan fingerprint density at radius 2 is 1.95 bits per heavy atom. The number of benzene rings is 2. The summed E-state index contributed by atoms with van der Waals surface area (Å²) in [6.07, 6.45) is 0. The van der Waals surface area contributed by atoms with Gasteiger partial charge in [0, 0.05) is 41.6 Å². The van der Waals surface area contributed by atoms with Gasteiger partial charge in [-0.25, -0.2) is 0 Å². The maximum atomic E-state index is 6.19. The maximum Gasteiger partial charge on any atom is 0.120 e. The number of rotatable bonds is 4. The Kier molecular flexibility index (Phi) is 4.30. The molecule has 0 unspecified atom stereocenters. The van der Waals surface area contributed by atoms with Crippen LogP contribution < -0.4 is 15.4 Å². The molecule has 0 aliphatic carbocycles. The molecule has 0 atom stereocenters. The van der Waals surface area contributed by atoms with E-state index in [1.807, 2.05) is 49.5 Å². The van der Waals surface area contributed by atoms with Gasteiger partial charge in [-0.2, -0.15) is 0 Å². The third-order valence-electron chi connectivity index (χ3n) is 3.10. The highest BCUT2D eigenvalue weighted by Gasteiger charge is 2.11. The number of nitrogens with zero attached hydrogens (tertiary/aromatic N) is 1. The Morgan fingerprint density at radius 1 is 1.21 bits per heavy atom. The monoisotopic (exact) mass is 276 g/mol. The first-order valence-corrected chi connectivity index (χ1v) is 6.40. The van der Waals surface area contributed by atoms with Crippen molar-refractivity contribution in [3.63, 3.8) is 0 Å². The molecule has 0 amide bonds. The van der Waals surface area contributed by atoms with E-state index in [9.17, 15) is 0 Å². The minimum absolute atomic E-state index is 0.406. The van der Waals surface area contributed by atoms with Gasteiger partial charge in [-0.15, -0.1) is 0 Å². The third kappa shape index (κ3) is 2.83. The first-order valence-electron chi connectivity index (χ1n) is 6.02. The van der Waals surface area contributed by atoms with Crippen LogP contribution in [0, 0.1) is 0 Å². The van der Waals surface area contributed by atoms with Crippen molar-refractivity contribution in [3.8, 4) is 5.75 Å². The number of ether oxygens (including phenoxy) is 1. The second-order valence-corrected chi connectivity index (χ2v) is 4.61. The zero-order valence-electron chi connectivity index (χ0n) is 11.1. The molecule has 2 N–H and O–H groups in total. The van der Waals surface area contributed by atoms with E-state index in [1.165, 1.54) is 0 Å². The molecule has 0 radical (unpaired) electrons. The van der Waals surface area contributed by atoms with E-state index in [1.54, 1.807) is 7.11 Å². The summed E-state index contributed by atoms with van der Waals surface area (Å²) in [6, 6.07) is 13.6. The van der Waals surface area contributed by atoms with E-state index in [-0.39, 0.29) is 0 Å². The number of nitrogens with two attached hydrogens (primary N) is 1. The molecule has 0 saturated heterocycles. The van der Waals surface area contributed by atoms with Gasteiger partial charge in [0.1, 0.15) is 5.75 Å². The molecule has 0 fully saturated rings. The van der Waals surface area contributed by atoms with Gasteiger partial charge in [-0.1, -0.05) is 23.7 Å². The van der Waals surface area contributed by atoms with Crippen molar-refractivity contribution in [2.45, 2.75) is 6.54 Å². The SMILES string of the molecule is COc1cccc(N(C)c2cccc(Cl)c2CN)c1. The van der Waals surface area contributed by atoms with Crippen molar-refractivity contribution in [3.05, 3.63) is 53.1 Å². The highest BCUT2D eigenvalue weighted by molar-refractivity contribution is 6.31. The van der Waals surface area contributed by atoms with Gasteiger partial charge >= 0.3 is 0 Å². The maximum absolute atomic E-state index is 6.19. The van der Waals surface area contributed by atoms with Gasteiger partial charge in [0.25, 0.3) is 0 Å². The average Bonchev–Trinajstić information content (AvgIpc) is 2.46. The molecule has 0 bridgehead atoms. The van der Waals surface area contributed by atoms with Crippen LogP contribution in [-0.4, -0.2) is 14.2 Å². The van der Waals surface area contributed by atoms with Gasteiger partial charge < -0.3 is 15.4 Å². The van der Waals surface area contributed by atoms with Crippen LogP contribution in [0.3, 0.4) is 0 Å². The fourth-order valence-electron chi connectivity index (χ4n) is 2.02. The minimum Gasteiger partial charge on any atom is -0.497 e. The van der Waals surface area contributed by atoms with Crippen LogP contribution in [0.15, 0.2) is 42.5 Å². The molecule has 0 aliphatic rings. The molecular weight excluding hydrogens is 260 g/mol. The molecule has 19 heavy (non-hydrogen) atoms. The van der Waals surface area contributed by atoms with Gasteiger partial charge in [0.15, 0.2) is 0 Å². The molecule has 100 valence electrons. The van der Waals surface area contributed by atoms with E-state index in [0.717, 1.165) is 22.7 Å². The highest BCUT2D eigenvalue weighted by Crippen LogP contribution is 2.32. The molecule has 3 nitrogen and oxygen atoms in total. The normalized spacial score (nSPS) is 10.3. The molecule has 2 rings (SSSR count). The molecule has 2 aromatic carbocycles. The van der Waals surface area contributed by atoms with Crippen LogP contribution in [-0.2, 0) is 6.54 Å². The summed E-state index contributed by atoms with van der Waals surface area (Å²) < 4.78 is 5.24. The first kappa shape index (κ1) is 13.7. The topological polar surface area (TPSA) is 38.5 Å². The van der Waals surface area contributed by atoms with E-state index >= 15 is 0 Å². The van der Waals surface area contributed by atoms with E-state index in [0.29, 0.717) is 11.6 Å². The van der Waals surface area contributed by atoms with Crippen molar-refractivity contribution in [1.29, 1.82) is 0 Å².